The molecular formula is C20H25N5O2. The van der Waals surface area contributed by atoms with Gasteiger partial charge in [0.25, 0.3) is 5.91 Å². The van der Waals surface area contributed by atoms with E-state index in [2.05, 4.69) is 36.5 Å². The number of aryl methyl sites for hydroxylation is 1. The van der Waals surface area contributed by atoms with Crippen LogP contribution in [0.4, 0.5) is 0 Å². The smallest absolute Gasteiger partial charge is 0.261 e. The van der Waals surface area contributed by atoms with E-state index in [1.807, 2.05) is 23.1 Å². The van der Waals surface area contributed by atoms with Gasteiger partial charge in [0.1, 0.15) is 11.4 Å². The lowest BCUT2D eigenvalue weighted by Crippen LogP contribution is -2.51. The highest BCUT2D eigenvalue weighted by atomic mass is 16.5. The van der Waals surface area contributed by atoms with Crippen molar-refractivity contribution >= 4 is 16.9 Å². The second-order valence-corrected chi connectivity index (χ2v) is 8.13. The first kappa shape index (κ1) is 17.6. The minimum absolute atomic E-state index is 0.0436. The molecular weight excluding hydrogens is 342 g/mol. The Bertz CT molecular complexity index is 1010. The molecule has 0 radical (unpaired) electrons. The molecule has 1 aliphatic heterocycles. The molecule has 0 atom stereocenters. The van der Waals surface area contributed by atoms with Crippen molar-refractivity contribution in [1.82, 2.24) is 24.2 Å². The van der Waals surface area contributed by atoms with E-state index < -0.39 is 0 Å². The highest BCUT2D eigenvalue weighted by Crippen LogP contribution is 2.34. The molecule has 0 aliphatic carbocycles. The van der Waals surface area contributed by atoms with Crippen LogP contribution in [-0.2, 0) is 12.5 Å². The van der Waals surface area contributed by atoms with Gasteiger partial charge in [0.2, 0.25) is 5.88 Å². The first-order chi connectivity index (χ1) is 12.8. The number of likely N-dealkylation sites (tertiary alicyclic amines) is 1. The van der Waals surface area contributed by atoms with Gasteiger partial charge in [-0.1, -0.05) is 32.9 Å². The highest BCUT2D eigenvalue weighted by Gasteiger charge is 2.37. The average molecular weight is 367 g/mol. The Morgan fingerprint density at radius 1 is 1.22 bits per heavy atom. The lowest BCUT2D eigenvalue weighted by atomic mass is 9.94. The maximum atomic E-state index is 12.8. The van der Waals surface area contributed by atoms with Gasteiger partial charge in [0.05, 0.1) is 24.2 Å². The van der Waals surface area contributed by atoms with E-state index in [4.69, 9.17) is 9.72 Å². The zero-order chi connectivity index (χ0) is 19.3. The highest BCUT2D eigenvalue weighted by molar-refractivity contribution is 5.96. The van der Waals surface area contributed by atoms with E-state index in [0.29, 0.717) is 24.5 Å². The molecule has 0 N–H and O–H groups in total. The summed E-state index contributed by atoms with van der Waals surface area (Å²) in [7, 11) is 3.32. The number of fused-ring (bicyclic) bond motifs is 1. The lowest BCUT2D eigenvalue weighted by Gasteiger charge is -2.41. The zero-order valence-electron chi connectivity index (χ0n) is 16.4. The number of nitrogens with zero attached hydrogens (tertiary/aromatic N) is 5. The van der Waals surface area contributed by atoms with Gasteiger partial charge >= 0.3 is 0 Å². The normalized spacial score (nSPS) is 15.2. The minimum atomic E-state index is -0.0734. The van der Waals surface area contributed by atoms with Crippen LogP contribution in [0.1, 0.15) is 43.0 Å². The molecule has 3 aromatic rings. The van der Waals surface area contributed by atoms with E-state index in [1.54, 1.807) is 17.9 Å². The quantitative estimate of drug-likeness (QED) is 0.714. The van der Waals surface area contributed by atoms with Crippen LogP contribution in [0.5, 0.6) is 5.88 Å². The lowest BCUT2D eigenvalue weighted by molar-refractivity contribution is 0.0515. The van der Waals surface area contributed by atoms with Crippen molar-refractivity contribution in [3.8, 4) is 5.88 Å². The third-order valence-electron chi connectivity index (χ3n) is 5.00. The number of ether oxygens (including phenoxy) is 1. The SMILES string of the molecule is COc1nn(C)cc1C(=O)N1CC(n2c(C(C)(C)C)nc3ccccc32)C1. The molecule has 1 saturated heterocycles. The summed E-state index contributed by atoms with van der Waals surface area (Å²) in [6.07, 6.45) is 1.71. The van der Waals surface area contributed by atoms with Gasteiger partial charge < -0.3 is 14.2 Å². The van der Waals surface area contributed by atoms with E-state index in [-0.39, 0.29) is 17.4 Å². The first-order valence-corrected chi connectivity index (χ1v) is 9.14. The third kappa shape index (κ3) is 2.87. The number of methoxy groups -OCH3 is 1. The summed E-state index contributed by atoms with van der Waals surface area (Å²) in [5.41, 5.74) is 2.56. The fourth-order valence-corrected chi connectivity index (χ4v) is 3.66. The van der Waals surface area contributed by atoms with Gasteiger partial charge in [-0.3, -0.25) is 9.48 Å². The first-order valence-electron chi connectivity index (χ1n) is 9.14. The van der Waals surface area contributed by atoms with Crippen LogP contribution < -0.4 is 4.74 Å². The summed E-state index contributed by atoms with van der Waals surface area (Å²) >= 11 is 0. The van der Waals surface area contributed by atoms with E-state index in [9.17, 15) is 4.79 Å². The predicted molar refractivity (Wildman–Crippen MR) is 103 cm³/mol. The Labute approximate surface area is 158 Å². The van der Waals surface area contributed by atoms with E-state index in [1.165, 1.54) is 7.11 Å². The number of rotatable bonds is 3. The molecule has 1 amide bonds. The van der Waals surface area contributed by atoms with Crippen molar-refractivity contribution in [2.75, 3.05) is 20.2 Å². The van der Waals surface area contributed by atoms with Crippen molar-refractivity contribution < 1.29 is 9.53 Å². The van der Waals surface area contributed by atoms with Crippen molar-refractivity contribution in [3.05, 3.63) is 41.9 Å². The van der Waals surface area contributed by atoms with Gasteiger partial charge in [-0.2, -0.15) is 0 Å². The van der Waals surface area contributed by atoms with E-state index in [0.717, 1.165) is 16.9 Å². The van der Waals surface area contributed by atoms with Gasteiger partial charge in [-0.05, 0) is 12.1 Å². The maximum Gasteiger partial charge on any atom is 0.261 e. The Kier molecular flexibility index (Phi) is 3.98. The molecule has 0 unspecified atom stereocenters. The Hall–Kier alpha value is -2.83. The van der Waals surface area contributed by atoms with Crippen LogP contribution in [0.3, 0.4) is 0 Å². The van der Waals surface area contributed by atoms with Gasteiger partial charge in [0, 0.05) is 31.7 Å². The maximum absolute atomic E-state index is 12.8. The van der Waals surface area contributed by atoms with Crippen molar-refractivity contribution in [2.45, 2.75) is 32.2 Å². The van der Waals surface area contributed by atoms with Crippen molar-refractivity contribution in [3.63, 3.8) is 0 Å². The van der Waals surface area contributed by atoms with E-state index >= 15 is 0 Å². The topological polar surface area (TPSA) is 65.2 Å². The predicted octanol–water partition coefficient (Wildman–Crippen LogP) is 2.77. The summed E-state index contributed by atoms with van der Waals surface area (Å²) in [5.74, 6) is 1.38. The molecule has 27 heavy (non-hydrogen) atoms. The monoisotopic (exact) mass is 367 g/mol. The molecule has 7 heteroatoms. The number of hydrogen-bond acceptors (Lipinski definition) is 4. The zero-order valence-corrected chi connectivity index (χ0v) is 16.4. The van der Waals surface area contributed by atoms with Crippen LogP contribution in [0.2, 0.25) is 0 Å². The van der Waals surface area contributed by atoms with Crippen LogP contribution in [0, 0.1) is 0 Å². The largest absolute Gasteiger partial charge is 0.479 e. The standard InChI is InChI=1S/C20H25N5O2/c1-20(2,3)19-21-15-8-6-7-9-16(15)25(19)13-10-24(11-13)18(26)14-12-23(4)22-17(14)27-5/h6-9,12-13H,10-11H2,1-5H3. The molecule has 3 heterocycles. The number of para-hydroxylation sites is 2. The average Bonchev–Trinajstić information content (AvgIpc) is 3.14. The summed E-state index contributed by atoms with van der Waals surface area (Å²) in [5, 5.41) is 4.18. The Morgan fingerprint density at radius 3 is 2.59 bits per heavy atom. The summed E-state index contributed by atoms with van der Waals surface area (Å²) in [6.45, 7) is 7.83. The molecule has 142 valence electrons. The van der Waals surface area contributed by atoms with Gasteiger partial charge in [0.15, 0.2) is 0 Å². The summed E-state index contributed by atoms with van der Waals surface area (Å²) in [4.78, 5) is 19.6. The molecule has 0 bridgehead atoms. The fraction of sp³-hybridized carbons (Fsp3) is 0.450. The number of imidazole rings is 1. The Morgan fingerprint density at radius 2 is 1.93 bits per heavy atom. The second kappa shape index (κ2) is 6.11. The third-order valence-corrected chi connectivity index (χ3v) is 5.00. The Balaban J connectivity index is 1.62. The van der Waals surface area contributed by atoms with Crippen LogP contribution >= 0.6 is 0 Å². The number of amides is 1. The fourth-order valence-electron chi connectivity index (χ4n) is 3.66. The molecule has 0 saturated carbocycles. The molecule has 2 aromatic heterocycles. The van der Waals surface area contributed by atoms with Gasteiger partial charge in [-0.15, -0.1) is 5.10 Å². The number of aromatic nitrogens is 4. The van der Waals surface area contributed by atoms with Crippen LogP contribution in [-0.4, -0.2) is 50.3 Å². The molecule has 0 spiro atoms. The van der Waals surface area contributed by atoms with Crippen LogP contribution in [0.15, 0.2) is 30.5 Å². The summed E-state index contributed by atoms with van der Waals surface area (Å²) < 4.78 is 9.14. The minimum Gasteiger partial charge on any atom is -0.479 e. The van der Waals surface area contributed by atoms with Crippen LogP contribution in [0.25, 0.3) is 11.0 Å². The summed E-state index contributed by atoms with van der Waals surface area (Å²) in [6, 6.07) is 8.42. The number of carbonyl (C=O) groups is 1. The second-order valence-electron chi connectivity index (χ2n) is 8.13. The van der Waals surface area contributed by atoms with Gasteiger partial charge in [-0.25, -0.2) is 4.98 Å². The van der Waals surface area contributed by atoms with Crippen molar-refractivity contribution in [1.29, 1.82) is 0 Å². The number of benzene rings is 1. The molecule has 1 aromatic carbocycles. The molecule has 1 aliphatic rings. The number of carbonyl (C=O) groups excluding carboxylic acids is 1. The molecule has 7 nitrogen and oxygen atoms in total. The van der Waals surface area contributed by atoms with Crippen molar-refractivity contribution in [2.24, 2.45) is 7.05 Å². The molecule has 4 rings (SSSR count). The molecule has 1 fully saturated rings. The number of hydrogen-bond donors (Lipinski definition) is 0.